The van der Waals surface area contributed by atoms with Gasteiger partial charge >= 0.3 is 0 Å². The molecule has 21 heavy (non-hydrogen) atoms. The topological polar surface area (TPSA) is 75.2 Å². The average Bonchev–Trinajstić information content (AvgIpc) is 3.13. The summed E-state index contributed by atoms with van der Waals surface area (Å²) in [5.41, 5.74) is 9.61. The second kappa shape index (κ2) is 4.75. The highest BCUT2D eigenvalue weighted by atomic mass is 16.7. The van der Waals surface area contributed by atoms with Crippen LogP contribution < -0.4 is 15.2 Å². The molecule has 0 saturated carbocycles. The van der Waals surface area contributed by atoms with Gasteiger partial charge in [0.05, 0.1) is 12.1 Å². The van der Waals surface area contributed by atoms with E-state index in [9.17, 15) is 0 Å². The van der Waals surface area contributed by atoms with Crippen LogP contribution >= 0.6 is 0 Å². The van der Waals surface area contributed by atoms with E-state index in [0.29, 0.717) is 13.1 Å². The summed E-state index contributed by atoms with van der Waals surface area (Å²) >= 11 is 0. The molecule has 106 valence electrons. The quantitative estimate of drug-likeness (QED) is 0.791. The predicted octanol–water partition coefficient (Wildman–Crippen LogP) is 1.67. The highest BCUT2D eigenvalue weighted by Crippen LogP contribution is 2.35. The Morgan fingerprint density at radius 3 is 2.52 bits per heavy atom. The van der Waals surface area contributed by atoms with Crippen molar-refractivity contribution in [3.8, 4) is 11.5 Å². The van der Waals surface area contributed by atoms with Crippen LogP contribution in [0.5, 0.6) is 11.5 Å². The molecule has 4 rings (SSSR count). The molecule has 3 aromatic rings. The van der Waals surface area contributed by atoms with Gasteiger partial charge in [0.15, 0.2) is 11.5 Å². The molecule has 6 nitrogen and oxygen atoms in total. The van der Waals surface area contributed by atoms with Crippen LogP contribution in [0, 0.1) is 0 Å². The van der Waals surface area contributed by atoms with Crippen molar-refractivity contribution in [3.63, 3.8) is 0 Å². The van der Waals surface area contributed by atoms with Crippen LogP contribution in [0.15, 0.2) is 36.4 Å². The highest BCUT2D eigenvalue weighted by molar-refractivity contribution is 5.79. The Labute approximate surface area is 121 Å². The summed E-state index contributed by atoms with van der Waals surface area (Å²) in [5, 5.41) is 8.39. The van der Waals surface area contributed by atoms with Gasteiger partial charge in [0.25, 0.3) is 0 Å². The summed E-state index contributed by atoms with van der Waals surface area (Å²) in [7, 11) is 0. The second-order valence-corrected chi connectivity index (χ2v) is 4.96. The molecule has 0 radical (unpaired) electrons. The molecule has 1 aliphatic rings. The van der Waals surface area contributed by atoms with E-state index >= 15 is 0 Å². The first kappa shape index (κ1) is 12.2. The van der Waals surface area contributed by atoms with Gasteiger partial charge in [-0.25, -0.2) is 4.68 Å². The van der Waals surface area contributed by atoms with E-state index in [0.717, 1.165) is 33.7 Å². The van der Waals surface area contributed by atoms with Gasteiger partial charge < -0.3 is 15.2 Å². The lowest BCUT2D eigenvalue weighted by atomic mass is 10.1. The zero-order valence-corrected chi connectivity index (χ0v) is 11.3. The SMILES string of the molecule is NCc1ccc(Cn2nnc3cc4c(cc32)OCO4)cc1. The predicted molar refractivity (Wildman–Crippen MR) is 77.1 cm³/mol. The highest BCUT2D eigenvalue weighted by Gasteiger charge is 2.17. The van der Waals surface area contributed by atoms with Crippen molar-refractivity contribution in [3.05, 3.63) is 47.5 Å². The molecule has 0 fully saturated rings. The second-order valence-electron chi connectivity index (χ2n) is 4.96. The molecule has 1 aliphatic heterocycles. The van der Waals surface area contributed by atoms with E-state index in [4.69, 9.17) is 15.2 Å². The molecule has 6 heteroatoms. The average molecular weight is 282 g/mol. The lowest BCUT2D eigenvalue weighted by molar-refractivity contribution is 0.174. The number of nitrogens with two attached hydrogens (primary N) is 1. The van der Waals surface area contributed by atoms with Crippen LogP contribution in [-0.2, 0) is 13.1 Å². The summed E-state index contributed by atoms with van der Waals surface area (Å²) < 4.78 is 12.6. The van der Waals surface area contributed by atoms with Crippen molar-refractivity contribution < 1.29 is 9.47 Å². The molecule has 2 N–H and O–H groups in total. The van der Waals surface area contributed by atoms with Crippen molar-refractivity contribution in [2.75, 3.05) is 6.79 Å². The van der Waals surface area contributed by atoms with Gasteiger partial charge in [-0.1, -0.05) is 29.5 Å². The first-order valence-electron chi connectivity index (χ1n) is 6.74. The van der Waals surface area contributed by atoms with Gasteiger partial charge in [-0.2, -0.15) is 0 Å². The molecule has 0 amide bonds. The molecule has 0 saturated heterocycles. The molecule has 0 aliphatic carbocycles. The maximum Gasteiger partial charge on any atom is 0.231 e. The largest absolute Gasteiger partial charge is 0.454 e. The third kappa shape index (κ3) is 2.09. The van der Waals surface area contributed by atoms with Crippen molar-refractivity contribution >= 4 is 11.0 Å². The zero-order chi connectivity index (χ0) is 14.2. The van der Waals surface area contributed by atoms with E-state index in [1.165, 1.54) is 0 Å². The van der Waals surface area contributed by atoms with Gasteiger partial charge in [-0.3, -0.25) is 0 Å². The van der Waals surface area contributed by atoms with Crippen LogP contribution in [0.2, 0.25) is 0 Å². The number of fused-ring (bicyclic) bond motifs is 2. The summed E-state index contributed by atoms with van der Waals surface area (Å²) in [6.07, 6.45) is 0. The first-order chi connectivity index (χ1) is 10.3. The van der Waals surface area contributed by atoms with Crippen LogP contribution in [0.1, 0.15) is 11.1 Å². The molecule has 0 unspecified atom stereocenters. The van der Waals surface area contributed by atoms with E-state index < -0.39 is 0 Å². The standard InChI is InChI=1S/C15H14N4O2/c16-7-10-1-3-11(4-2-10)8-19-13-6-15-14(20-9-21-15)5-12(13)17-18-19/h1-6H,7-9,16H2. The van der Waals surface area contributed by atoms with Gasteiger partial charge in [0.1, 0.15) is 5.52 Å². The number of ether oxygens (including phenoxy) is 2. The summed E-state index contributed by atoms with van der Waals surface area (Å²) in [6, 6.07) is 12.0. The molecule has 0 bridgehead atoms. The third-order valence-corrected chi connectivity index (χ3v) is 3.60. The lowest BCUT2D eigenvalue weighted by Crippen LogP contribution is -2.02. The molecular formula is C15H14N4O2. The fraction of sp³-hybridized carbons (Fsp3) is 0.200. The van der Waals surface area contributed by atoms with Crippen molar-refractivity contribution in [1.29, 1.82) is 0 Å². The van der Waals surface area contributed by atoms with E-state index in [1.54, 1.807) is 0 Å². The van der Waals surface area contributed by atoms with Crippen LogP contribution in [0.4, 0.5) is 0 Å². The Hall–Kier alpha value is -2.60. The lowest BCUT2D eigenvalue weighted by Gasteiger charge is -2.04. The number of rotatable bonds is 3. The van der Waals surface area contributed by atoms with Gasteiger partial charge in [0, 0.05) is 18.7 Å². The minimum Gasteiger partial charge on any atom is -0.454 e. The van der Waals surface area contributed by atoms with Crippen molar-refractivity contribution in [1.82, 2.24) is 15.0 Å². The van der Waals surface area contributed by atoms with Crippen LogP contribution in [0.3, 0.4) is 0 Å². The number of benzene rings is 2. The Balaban J connectivity index is 1.69. The maximum atomic E-state index is 5.61. The summed E-state index contributed by atoms with van der Waals surface area (Å²) in [5.74, 6) is 1.46. The summed E-state index contributed by atoms with van der Waals surface area (Å²) in [6.45, 7) is 1.47. The molecule has 2 heterocycles. The Morgan fingerprint density at radius 1 is 1.05 bits per heavy atom. The monoisotopic (exact) mass is 282 g/mol. The normalized spacial score (nSPS) is 13.0. The van der Waals surface area contributed by atoms with E-state index in [1.807, 2.05) is 28.9 Å². The first-order valence-corrected chi connectivity index (χ1v) is 6.74. The van der Waals surface area contributed by atoms with Crippen LogP contribution in [0.25, 0.3) is 11.0 Å². The third-order valence-electron chi connectivity index (χ3n) is 3.60. The molecule has 0 atom stereocenters. The minimum atomic E-state index is 0.260. The summed E-state index contributed by atoms with van der Waals surface area (Å²) in [4.78, 5) is 0. The van der Waals surface area contributed by atoms with E-state index in [-0.39, 0.29) is 6.79 Å². The Morgan fingerprint density at radius 2 is 1.76 bits per heavy atom. The number of hydrogen-bond donors (Lipinski definition) is 1. The fourth-order valence-electron chi connectivity index (χ4n) is 2.43. The van der Waals surface area contributed by atoms with Gasteiger partial charge in [0.2, 0.25) is 6.79 Å². The van der Waals surface area contributed by atoms with Gasteiger partial charge in [-0.05, 0) is 11.1 Å². The Kier molecular flexibility index (Phi) is 2.75. The number of aromatic nitrogens is 3. The fourth-order valence-corrected chi connectivity index (χ4v) is 2.43. The molecule has 2 aromatic carbocycles. The van der Waals surface area contributed by atoms with Crippen molar-refractivity contribution in [2.24, 2.45) is 5.73 Å². The molecule has 0 spiro atoms. The van der Waals surface area contributed by atoms with Crippen LogP contribution in [-0.4, -0.2) is 21.8 Å². The zero-order valence-electron chi connectivity index (χ0n) is 11.3. The minimum absolute atomic E-state index is 0.260. The molecular weight excluding hydrogens is 268 g/mol. The molecule has 1 aromatic heterocycles. The number of nitrogens with zero attached hydrogens (tertiary/aromatic N) is 3. The smallest absolute Gasteiger partial charge is 0.231 e. The van der Waals surface area contributed by atoms with E-state index in [2.05, 4.69) is 22.4 Å². The van der Waals surface area contributed by atoms with Crippen molar-refractivity contribution in [2.45, 2.75) is 13.1 Å². The number of hydrogen-bond acceptors (Lipinski definition) is 5. The van der Waals surface area contributed by atoms with Gasteiger partial charge in [-0.15, -0.1) is 5.10 Å². The maximum absolute atomic E-state index is 5.61. The Bertz CT molecular complexity index is 795.